The van der Waals surface area contributed by atoms with Crippen LogP contribution in [0.2, 0.25) is 0 Å². The highest BCUT2D eigenvalue weighted by Gasteiger charge is 2.27. The van der Waals surface area contributed by atoms with E-state index < -0.39 is 5.60 Å². The van der Waals surface area contributed by atoms with Gasteiger partial charge in [-0.05, 0) is 34.1 Å². The van der Waals surface area contributed by atoms with E-state index >= 15 is 0 Å². The molecule has 0 aromatic carbocycles. The fourth-order valence-corrected chi connectivity index (χ4v) is 3.19. The van der Waals surface area contributed by atoms with Crippen LogP contribution in [0, 0.1) is 6.92 Å². The standard InChI is InChI=1S/C15H23N3O4S/c1-10-11(23-13(20)16-10)12(19)17-6-5-7-18(9-8-17)14(21)22-15(2,3)4/h5-9H2,1-4H3,(H,16,20). The van der Waals surface area contributed by atoms with Gasteiger partial charge in [-0.15, -0.1) is 0 Å². The van der Waals surface area contributed by atoms with Gasteiger partial charge in [0.25, 0.3) is 5.91 Å². The number of aromatic amines is 1. The Morgan fingerprint density at radius 3 is 2.30 bits per heavy atom. The maximum Gasteiger partial charge on any atom is 0.410 e. The van der Waals surface area contributed by atoms with Crippen molar-refractivity contribution < 1.29 is 14.3 Å². The van der Waals surface area contributed by atoms with Gasteiger partial charge in [-0.25, -0.2) is 4.79 Å². The predicted octanol–water partition coefficient (Wildman–Crippen LogP) is 1.83. The molecule has 1 saturated heterocycles. The summed E-state index contributed by atoms with van der Waals surface area (Å²) in [4.78, 5) is 42.2. The molecule has 8 heteroatoms. The number of amides is 2. The Morgan fingerprint density at radius 1 is 1.13 bits per heavy atom. The van der Waals surface area contributed by atoms with E-state index in [1.165, 1.54) is 0 Å². The Kier molecular flexibility index (Phi) is 5.13. The highest BCUT2D eigenvalue weighted by Crippen LogP contribution is 2.16. The second kappa shape index (κ2) is 6.74. The first-order valence-corrected chi connectivity index (χ1v) is 8.46. The van der Waals surface area contributed by atoms with E-state index in [1.54, 1.807) is 16.7 Å². The number of aromatic nitrogens is 1. The van der Waals surface area contributed by atoms with Crippen LogP contribution in [0.25, 0.3) is 0 Å². The summed E-state index contributed by atoms with van der Waals surface area (Å²) < 4.78 is 5.37. The molecule has 0 atom stereocenters. The van der Waals surface area contributed by atoms with E-state index in [1.807, 2.05) is 20.8 Å². The molecule has 1 N–H and O–H groups in total. The van der Waals surface area contributed by atoms with Crippen molar-refractivity contribution in [1.29, 1.82) is 0 Å². The lowest BCUT2D eigenvalue weighted by atomic mass is 10.2. The number of thiazole rings is 1. The van der Waals surface area contributed by atoms with Gasteiger partial charge in [0.1, 0.15) is 10.5 Å². The number of aryl methyl sites for hydroxylation is 1. The van der Waals surface area contributed by atoms with Gasteiger partial charge >= 0.3 is 11.0 Å². The lowest BCUT2D eigenvalue weighted by Crippen LogP contribution is -2.40. The number of hydrogen-bond acceptors (Lipinski definition) is 5. The fourth-order valence-electron chi connectivity index (χ4n) is 2.38. The van der Waals surface area contributed by atoms with Gasteiger partial charge in [-0.3, -0.25) is 9.59 Å². The lowest BCUT2D eigenvalue weighted by molar-refractivity contribution is 0.0255. The maximum absolute atomic E-state index is 12.5. The van der Waals surface area contributed by atoms with Crippen LogP contribution in [0.3, 0.4) is 0 Å². The largest absolute Gasteiger partial charge is 0.444 e. The second-order valence-corrected chi connectivity index (χ2v) is 7.56. The van der Waals surface area contributed by atoms with Crippen molar-refractivity contribution in [3.05, 3.63) is 20.2 Å². The van der Waals surface area contributed by atoms with Crippen molar-refractivity contribution in [3.8, 4) is 0 Å². The van der Waals surface area contributed by atoms with Gasteiger partial charge in [0.05, 0.1) is 0 Å². The van der Waals surface area contributed by atoms with Crippen LogP contribution in [-0.2, 0) is 4.74 Å². The van der Waals surface area contributed by atoms with Gasteiger partial charge in [0, 0.05) is 31.9 Å². The van der Waals surface area contributed by atoms with Crippen molar-refractivity contribution in [3.63, 3.8) is 0 Å². The molecule has 2 amide bonds. The van der Waals surface area contributed by atoms with Crippen LogP contribution in [0.15, 0.2) is 4.79 Å². The number of hydrogen-bond donors (Lipinski definition) is 1. The molecule has 0 bridgehead atoms. The molecule has 0 spiro atoms. The Hall–Kier alpha value is -1.83. The highest BCUT2D eigenvalue weighted by molar-refractivity contribution is 7.11. The molecule has 2 rings (SSSR count). The predicted molar refractivity (Wildman–Crippen MR) is 88.0 cm³/mol. The monoisotopic (exact) mass is 341 g/mol. The van der Waals surface area contributed by atoms with E-state index in [2.05, 4.69) is 4.98 Å². The topological polar surface area (TPSA) is 82.7 Å². The molecule has 1 fully saturated rings. The minimum atomic E-state index is -0.534. The molecular formula is C15H23N3O4S. The number of nitrogens with one attached hydrogen (secondary N) is 1. The number of ether oxygens (including phenoxy) is 1. The van der Waals surface area contributed by atoms with Crippen LogP contribution in [0.1, 0.15) is 42.6 Å². The molecule has 1 aromatic rings. The zero-order valence-electron chi connectivity index (χ0n) is 14.0. The Bertz CT molecular complexity index is 644. The smallest absolute Gasteiger partial charge is 0.410 e. The van der Waals surface area contributed by atoms with Crippen LogP contribution in [0.5, 0.6) is 0 Å². The van der Waals surface area contributed by atoms with E-state index in [0.717, 1.165) is 11.3 Å². The number of rotatable bonds is 1. The van der Waals surface area contributed by atoms with Gasteiger partial charge in [-0.1, -0.05) is 11.3 Å². The summed E-state index contributed by atoms with van der Waals surface area (Å²) in [7, 11) is 0. The third kappa shape index (κ3) is 4.57. The molecule has 0 unspecified atom stereocenters. The average Bonchev–Trinajstić information content (AvgIpc) is 2.64. The zero-order chi connectivity index (χ0) is 17.2. The summed E-state index contributed by atoms with van der Waals surface area (Å²) in [6.07, 6.45) is 0.331. The molecular weight excluding hydrogens is 318 g/mol. The maximum atomic E-state index is 12.5. The van der Waals surface area contributed by atoms with E-state index in [4.69, 9.17) is 4.74 Å². The molecule has 0 aliphatic carbocycles. The quantitative estimate of drug-likeness (QED) is 0.845. The number of nitrogens with zero attached hydrogens (tertiary/aromatic N) is 2. The van der Waals surface area contributed by atoms with Crippen molar-refractivity contribution >= 4 is 23.3 Å². The highest BCUT2D eigenvalue weighted by atomic mass is 32.1. The fraction of sp³-hybridized carbons (Fsp3) is 0.667. The number of carbonyl (C=O) groups excluding carboxylic acids is 2. The molecule has 1 aliphatic rings. The summed E-state index contributed by atoms with van der Waals surface area (Å²) in [5.74, 6) is -0.156. The molecule has 0 saturated carbocycles. The molecule has 23 heavy (non-hydrogen) atoms. The lowest BCUT2D eigenvalue weighted by Gasteiger charge is -2.26. The third-order valence-corrected chi connectivity index (χ3v) is 4.43. The minimum Gasteiger partial charge on any atom is -0.444 e. The Morgan fingerprint density at radius 2 is 1.74 bits per heavy atom. The Labute approximate surface area is 139 Å². The van der Waals surface area contributed by atoms with Crippen LogP contribution >= 0.6 is 11.3 Å². The number of H-pyrrole nitrogens is 1. The van der Waals surface area contributed by atoms with E-state index in [0.29, 0.717) is 43.2 Å². The summed E-state index contributed by atoms with van der Waals surface area (Å²) in [6.45, 7) is 9.18. The summed E-state index contributed by atoms with van der Waals surface area (Å²) >= 11 is 0.930. The Balaban J connectivity index is 2.01. The zero-order valence-corrected chi connectivity index (χ0v) is 14.8. The summed E-state index contributed by atoms with van der Waals surface area (Å²) in [6, 6.07) is 0. The van der Waals surface area contributed by atoms with Gasteiger partial charge < -0.3 is 19.5 Å². The van der Waals surface area contributed by atoms with Crippen molar-refractivity contribution in [2.75, 3.05) is 26.2 Å². The summed E-state index contributed by atoms with van der Waals surface area (Å²) in [5.41, 5.74) is 0.0612. The number of carbonyl (C=O) groups is 2. The summed E-state index contributed by atoms with van der Waals surface area (Å²) in [5, 5.41) is 0. The average molecular weight is 341 g/mol. The van der Waals surface area contributed by atoms with Gasteiger partial charge in [0.2, 0.25) is 0 Å². The van der Waals surface area contributed by atoms with Gasteiger partial charge in [-0.2, -0.15) is 0 Å². The molecule has 1 aromatic heterocycles. The molecule has 7 nitrogen and oxygen atoms in total. The van der Waals surface area contributed by atoms with Gasteiger partial charge in [0.15, 0.2) is 0 Å². The third-order valence-electron chi connectivity index (χ3n) is 3.45. The normalized spacial score (nSPS) is 16.2. The van der Waals surface area contributed by atoms with Crippen molar-refractivity contribution in [1.82, 2.24) is 14.8 Å². The second-order valence-electron chi connectivity index (χ2n) is 6.58. The molecule has 0 radical (unpaired) electrons. The molecule has 2 heterocycles. The minimum absolute atomic E-state index is 0.156. The van der Waals surface area contributed by atoms with E-state index in [-0.39, 0.29) is 16.9 Å². The van der Waals surface area contributed by atoms with Crippen LogP contribution in [0.4, 0.5) is 4.79 Å². The SMILES string of the molecule is Cc1[nH]c(=O)sc1C(=O)N1CCCN(C(=O)OC(C)(C)C)CC1. The first kappa shape index (κ1) is 17.5. The first-order chi connectivity index (χ1) is 10.7. The first-order valence-electron chi connectivity index (χ1n) is 7.64. The molecule has 1 aliphatic heterocycles. The van der Waals surface area contributed by atoms with Crippen LogP contribution in [-0.4, -0.2) is 58.6 Å². The van der Waals surface area contributed by atoms with Crippen molar-refractivity contribution in [2.45, 2.75) is 39.7 Å². The molecule has 128 valence electrons. The van der Waals surface area contributed by atoms with Crippen LogP contribution < -0.4 is 4.87 Å². The van der Waals surface area contributed by atoms with E-state index in [9.17, 15) is 14.4 Å². The van der Waals surface area contributed by atoms with Crippen molar-refractivity contribution in [2.24, 2.45) is 0 Å².